The van der Waals surface area contributed by atoms with Crippen LogP contribution in [0.4, 0.5) is 16.2 Å². The molecule has 198 valence electrons. The summed E-state index contributed by atoms with van der Waals surface area (Å²) in [5.41, 5.74) is 2.95. The molecule has 0 spiro atoms. The molecule has 3 aromatic carbocycles. The summed E-state index contributed by atoms with van der Waals surface area (Å²) in [7, 11) is 4.68. The predicted octanol–water partition coefficient (Wildman–Crippen LogP) is 4.43. The van der Waals surface area contributed by atoms with Crippen LogP contribution in [0.25, 0.3) is 0 Å². The summed E-state index contributed by atoms with van der Waals surface area (Å²) in [6.45, 7) is 2.17. The van der Waals surface area contributed by atoms with Gasteiger partial charge >= 0.3 is 6.03 Å². The number of ether oxygens (including phenoxy) is 3. The fourth-order valence-electron chi connectivity index (χ4n) is 4.37. The van der Waals surface area contributed by atoms with Gasteiger partial charge in [0, 0.05) is 12.2 Å². The van der Waals surface area contributed by atoms with Gasteiger partial charge in [-0.2, -0.15) is 0 Å². The van der Waals surface area contributed by atoms with Crippen molar-refractivity contribution in [2.45, 2.75) is 25.8 Å². The summed E-state index contributed by atoms with van der Waals surface area (Å²) in [6.07, 6.45) is 0.280. The molecule has 1 saturated heterocycles. The number of amides is 4. The van der Waals surface area contributed by atoms with Gasteiger partial charge in [-0.25, -0.2) is 9.69 Å². The van der Waals surface area contributed by atoms with Gasteiger partial charge in [-0.15, -0.1) is 0 Å². The van der Waals surface area contributed by atoms with E-state index in [1.807, 2.05) is 31.2 Å². The number of urea groups is 1. The van der Waals surface area contributed by atoms with Crippen LogP contribution in [0, 0.1) is 6.92 Å². The molecule has 9 nitrogen and oxygen atoms in total. The lowest BCUT2D eigenvalue weighted by Crippen LogP contribution is -2.39. The summed E-state index contributed by atoms with van der Waals surface area (Å²) in [5, 5.41) is 2.81. The van der Waals surface area contributed by atoms with Crippen LogP contribution in [0.3, 0.4) is 0 Å². The van der Waals surface area contributed by atoms with E-state index in [-0.39, 0.29) is 18.9 Å². The van der Waals surface area contributed by atoms with Crippen LogP contribution >= 0.6 is 0 Å². The maximum Gasteiger partial charge on any atom is 0.332 e. The van der Waals surface area contributed by atoms with Gasteiger partial charge in [-0.1, -0.05) is 23.8 Å². The van der Waals surface area contributed by atoms with E-state index in [1.54, 1.807) is 63.8 Å². The molecular formula is C29H31N3O6. The second-order valence-corrected chi connectivity index (χ2v) is 8.92. The Hall–Kier alpha value is -4.53. The largest absolute Gasteiger partial charge is 0.497 e. The average molecular weight is 518 g/mol. The SMILES string of the molecule is COc1ccc(NC(=O)C[C@H]2C(=O)N(c3ccc(C)cc3)C(=O)N2CCc2ccc(OC)c(OC)c2)cc1. The average Bonchev–Trinajstić information content (AvgIpc) is 3.16. The van der Waals surface area contributed by atoms with E-state index in [9.17, 15) is 14.4 Å². The maximum absolute atomic E-state index is 13.5. The van der Waals surface area contributed by atoms with Crippen LogP contribution in [-0.4, -0.2) is 56.7 Å². The lowest BCUT2D eigenvalue weighted by Gasteiger charge is -2.22. The van der Waals surface area contributed by atoms with Crippen LogP contribution in [0.1, 0.15) is 17.5 Å². The summed E-state index contributed by atoms with van der Waals surface area (Å²) in [5.74, 6) is 1.03. The van der Waals surface area contributed by atoms with E-state index >= 15 is 0 Å². The number of rotatable bonds is 10. The molecule has 9 heteroatoms. The molecule has 0 saturated carbocycles. The first-order valence-electron chi connectivity index (χ1n) is 12.2. The number of methoxy groups -OCH3 is 3. The standard InChI is InChI=1S/C29H31N3O6/c1-19-5-10-22(11-6-19)32-28(34)24(18-27(33)30-21-8-12-23(36-2)13-9-21)31(29(32)35)16-15-20-7-14-25(37-3)26(17-20)38-4/h5-14,17,24H,15-16,18H2,1-4H3,(H,30,33)/t24-/m0/s1. The van der Waals surface area contributed by atoms with E-state index in [0.29, 0.717) is 35.0 Å². The second-order valence-electron chi connectivity index (χ2n) is 8.92. The number of benzene rings is 3. The molecule has 3 aromatic rings. The minimum Gasteiger partial charge on any atom is -0.497 e. The molecule has 1 heterocycles. The van der Waals surface area contributed by atoms with Gasteiger partial charge in [0.15, 0.2) is 11.5 Å². The number of carbonyl (C=O) groups is 3. The number of aryl methyl sites for hydroxylation is 1. The van der Waals surface area contributed by atoms with E-state index in [2.05, 4.69) is 5.32 Å². The molecule has 1 N–H and O–H groups in total. The highest BCUT2D eigenvalue weighted by Gasteiger charge is 2.46. The molecule has 1 fully saturated rings. The minimum absolute atomic E-state index is 0.176. The van der Waals surface area contributed by atoms with E-state index in [4.69, 9.17) is 14.2 Å². The van der Waals surface area contributed by atoms with Crippen LogP contribution < -0.4 is 24.4 Å². The third kappa shape index (κ3) is 5.72. The van der Waals surface area contributed by atoms with E-state index in [0.717, 1.165) is 16.0 Å². The van der Waals surface area contributed by atoms with Gasteiger partial charge < -0.3 is 24.4 Å². The zero-order valence-corrected chi connectivity index (χ0v) is 21.9. The number of carbonyl (C=O) groups excluding carboxylic acids is 3. The monoisotopic (exact) mass is 517 g/mol. The third-order valence-corrected chi connectivity index (χ3v) is 6.45. The molecule has 1 aliphatic heterocycles. The van der Waals surface area contributed by atoms with Crippen LogP contribution in [0.2, 0.25) is 0 Å². The Morgan fingerprint density at radius 3 is 2.18 bits per heavy atom. The molecule has 4 rings (SSSR count). The highest BCUT2D eigenvalue weighted by Crippen LogP contribution is 2.30. The van der Waals surface area contributed by atoms with E-state index < -0.39 is 18.0 Å². The van der Waals surface area contributed by atoms with Crippen molar-refractivity contribution < 1.29 is 28.6 Å². The Kier molecular flexibility index (Phi) is 8.15. The number of hydrogen-bond donors (Lipinski definition) is 1. The smallest absolute Gasteiger partial charge is 0.332 e. The summed E-state index contributed by atoms with van der Waals surface area (Å²) in [6, 6.07) is 18.2. The molecule has 0 unspecified atom stereocenters. The summed E-state index contributed by atoms with van der Waals surface area (Å²) < 4.78 is 15.8. The maximum atomic E-state index is 13.5. The normalized spacial score (nSPS) is 15.0. The van der Waals surface area contributed by atoms with Crippen molar-refractivity contribution in [3.8, 4) is 17.2 Å². The molecule has 0 aromatic heterocycles. The molecule has 1 atom stereocenters. The van der Waals surface area contributed by atoms with Crippen molar-refractivity contribution in [1.29, 1.82) is 0 Å². The van der Waals surface area contributed by atoms with Gasteiger partial charge in [0.25, 0.3) is 5.91 Å². The van der Waals surface area contributed by atoms with Crippen LogP contribution in [-0.2, 0) is 16.0 Å². The Balaban J connectivity index is 1.55. The van der Waals surface area contributed by atoms with Crippen LogP contribution in [0.15, 0.2) is 66.7 Å². The van der Waals surface area contributed by atoms with E-state index in [1.165, 1.54) is 4.90 Å². The molecule has 1 aliphatic rings. The zero-order chi connectivity index (χ0) is 27.2. The van der Waals surface area contributed by atoms with Crippen LogP contribution in [0.5, 0.6) is 17.2 Å². The van der Waals surface area contributed by atoms with Gasteiger partial charge in [0.2, 0.25) is 5.91 Å². The number of imide groups is 1. The number of nitrogens with zero attached hydrogens (tertiary/aromatic N) is 2. The zero-order valence-electron chi connectivity index (χ0n) is 21.9. The highest BCUT2D eigenvalue weighted by molar-refractivity contribution is 6.22. The Morgan fingerprint density at radius 2 is 1.55 bits per heavy atom. The van der Waals surface area contributed by atoms with Crippen molar-refractivity contribution in [3.63, 3.8) is 0 Å². The Morgan fingerprint density at radius 1 is 0.868 bits per heavy atom. The lowest BCUT2D eigenvalue weighted by molar-refractivity contribution is -0.124. The second kappa shape index (κ2) is 11.7. The Labute approximate surface area is 221 Å². The number of hydrogen-bond acceptors (Lipinski definition) is 6. The summed E-state index contributed by atoms with van der Waals surface area (Å²) >= 11 is 0. The van der Waals surface area contributed by atoms with Gasteiger partial charge in [0.05, 0.1) is 33.4 Å². The fourth-order valence-corrected chi connectivity index (χ4v) is 4.37. The van der Waals surface area contributed by atoms with Crippen molar-refractivity contribution in [1.82, 2.24) is 4.90 Å². The van der Waals surface area contributed by atoms with Crippen molar-refractivity contribution in [2.75, 3.05) is 38.1 Å². The van der Waals surface area contributed by atoms with Crippen molar-refractivity contribution in [2.24, 2.45) is 0 Å². The minimum atomic E-state index is -0.942. The third-order valence-electron chi connectivity index (χ3n) is 6.45. The first-order chi connectivity index (χ1) is 18.3. The molecule has 0 bridgehead atoms. The molecule has 0 radical (unpaired) electrons. The highest BCUT2D eigenvalue weighted by atomic mass is 16.5. The molecular weight excluding hydrogens is 486 g/mol. The van der Waals surface area contributed by atoms with Gasteiger partial charge in [-0.05, 0) is 67.4 Å². The fraction of sp³-hybridized carbons (Fsp3) is 0.276. The van der Waals surface area contributed by atoms with Gasteiger partial charge in [0.1, 0.15) is 11.8 Å². The molecule has 38 heavy (non-hydrogen) atoms. The topological polar surface area (TPSA) is 97.4 Å². The first kappa shape index (κ1) is 26.5. The molecule has 4 amide bonds. The quantitative estimate of drug-likeness (QED) is 0.400. The number of anilines is 2. The predicted molar refractivity (Wildman–Crippen MR) is 144 cm³/mol. The van der Waals surface area contributed by atoms with Gasteiger partial charge in [-0.3, -0.25) is 9.59 Å². The lowest BCUT2D eigenvalue weighted by atomic mass is 10.1. The number of nitrogens with one attached hydrogen (secondary N) is 1. The summed E-state index contributed by atoms with van der Waals surface area (Å²) in [4.78, 5) is 42.6. The Bertz CT molecular complexity index is 1310. The van der Waals surface area contributed by atoms with Crippen molar-refractivity contribution >= 4 is 29.2 Å². The van der Waals surface area contributed by atoms with Crippen molar-refractivity contribution in [3.05, 3.63) is 77.9 Å². The molecule has 0 aliphatic carbocycles. The first-order valence-corrected chi connectivity index (χ1v) is 12.2.